The van der Waals surface area contributed by atoms with Gasteiger partial charge in [-0.1, -0.05) is 17.3 Å². The van der Waals surface area contributed by atoms with E-state index in [1.165, 1.54) is 4.57 Å². The van der Waals surface area contributed by atoms with Crippen LogP contribution in [0, 0.1) is 6.92 Å². The summed E-state index contributed by atoms with van der Waals surface area (Å²) < 4.78 is 35.1. The largest absolute Gasteiger partial charge is 0.350 e. The molecule has 0 atom stereocenters. The number of aromatic nitrogens is 5. The Morgan fingerprint density at radius 1 is 1.21 bits per heavy atom. The van der Waals surface area contributed by atoms with Crippen LogP contribution in [-0.4, -0.2) is 30.2 Å². The van der Waals surface area contributed by atoms with E-state index in [1.807, 2.05) is 30.7 Å². The van der Waals surface area contributed by atoms with Crippen LogP contribution in [0.5, 0.6) is 0 Å². The van der Waals surface area contributed by atoms with Crippen LogP contribution in [-0.2, 0) is 20.1 Å². The maximum Gasteiger partial charge on any atom is 0.316 e. The smallest absolute Gasteiger partial charge is 0.316 e. The molecule has 3 heterocycles. The summed E-state index contributed by atoms with van der Waals surface area (Å²) in [6.45, 7) is 2.17. The lowest BCUT2D eigenvalue weighted by molar-refractivity contribution is 0.0906. The highest BCUT2D eigenvalue weighted by Crippen LogP contribution is 2.24. The summed E-state index contributed by atoms with van der Waals surface area (Å²) in [7, 11) is 1.90. The lowest BCUT2D eigenvalue weighted by atomic mass is 10.3. The van der Waals surface area contributed by atoms with Gasteiger partial charge in [0.05, 0.1) is 24.1 Å². The Morgan fingerprint density at radius 3 is 2.72 bits per heavy atom. The van der Waals surface area contributed by atoms with E-state index in [1.54, 1.807) is 24.3 Å². The van der Waals surface area contributed by atoms with Crippen molar-refractivity contribution in [1.82, 2.24) is 29.6 Å². The second-order valence-electron chi connectivity index (χ2n) is 6.57. The first-order valence-corrected chi connectivity index (χ1v) is 8.89. The number of benzene rings is 1. The Kier molecular flexibility index (Phi) is 4.83. The molecule has 0 radical (unpaired) electrons. The van der Waals surface area contributed by atoms with Gasteiger partial charge in [-0.2, -0.15) is 4.98 Å². The lowest BCUT2D eigenvalue weighted by Crippen LogP contribution is -2.24. The highest BCUT2D eigenvalue weighted by atomic mass is 19.3. The van der Waals surface area contributed by atoms with E-state index in [0.29, 0.717) is 17.6 Å². The van der Waals surface area contributed by atoms with E-state index in [4.69, 9.17) is 4.52 Å². The first-order chi connectivity index (χ1) is 13.9. The maximum atomic E-state index is 13.4. The van der Waals surface area contributed by atoms with Gasteiger partial charge in [-0.05, 0) is 31.2 Å². The normalized spacial score (nSPS) is 11.5. The van der Waals surface area contributed by atoms with Crippen LogP contribution < -0.4 is 5.32 Å². The summed E-state index contributed by atoms with van der Waals surface area (Å²) in [5.74, 6) is -1.04. The van der Waals surface area contributed by atoms with Gasteiger partial charge in [0.1, 0.15) is 0 Å². The third-order valence-corrected chi connectivity index (χ3v) is 4.75. The molecule has 0 aliphatic rings. The summed E-state index contributed by atoms with van der Waals surface area (Å²) in [4.78, 5) is 20.3. The number of carbonyl (C=O) groups is 1. The number of imidazole rings is 1. The number of halogens is 2. The van der Waals surface area contributed by atoms with Crippen molar-refractivity contribution in [2.75, 3.05) is 0 Å². The Hall–Kier alpha value is -3.56. The minimum Gasteiger partial charge on any atom is -0.350 e. The summed E-state index contributed by atoms with van der Waals surface area (Å²) in [5.41, 5.74) is 2.96. The lowest BCUT2D eigenvalue weighted by Gasteiger charge is -2.06. The van der Waals surface area contributed by atoms with E-state index in [-0.39, 0.29) is 24.1 Å². The first-order valence-electron chi connectivity index (χ1n) is 8.89. The number of nitrogens with one attached hydrogen (secondary N) is 1. The molecule has 4 aromatic rings. The molecule has 0 saturated carbocycles. The molecule has 0 aliphatic carbocycles. The van der Waals surface area contributed by atoms with E-state index < -0.39 is 12.3 Å². The zero-order valence-corrected chi connectivity index (χ0v) is 15.8. The standard InChI is InChI=1S/C19H18F2N6O2/c1-11-7-8-12(26(11)2)9-22-18(28)19-24-15(25-29-19)10-27-14-6-4-3-5-13(14)23-17(27)16(20)21/h3-8,16H,9-10H2,1-2H3,(H,22,28). The van der Waals surface area contributed by atoms with Crippen molar-refractivity contribution in [2.45, 2.75) is 26.4 Å². The van der Waals surface area contributed by atoms with Gasteiger partial charge in [-0.25, -0.2) is 13.8 Å². The molecular weight excluding hydrogens is 382 g/mol. The molecule has 0 fully saturated rings. The number of aryl methyl sites for hydroxylation is 1. The number of hydrogen-bond donors (Lipinski definition) is 1. The molecule has 0 bridgehead atoms. The van der Waals surface area contributed by atoms with Crippen molar-refractivity contribution in [3.8, 4) is 0 Å². The van der Waals surface area contributed by atoms with Crippen molar-refractivity contribution in [3.05, 3.63) is 65.3 Å². The molecule has 0 aliphatic heterocycles. The highest BCUT2D eigenvalue weighted by molar-refractivity contribution is 5.89. The van der Waals surface area contributed by atoms with Crippen LogP contribution in [0.25, 0.3) is 11.0 Å². The number of carbonyl (C=O) groups excluding carboxylic acids is 1. The monoisotopic (exact) mass is 400 g/mol. The SMILES string of the molecule is Cc1ccc(CNC(=O)c2nc(Cn3c(C(F)F)nc4ccccc43)no2)n1C. The predicted molar refractivity (Wildman–Crippen MR) is 99.4 cm³/mol. The molecule has 150 valence electrons. The van der Waals surface area contributed by atoms with Crippen molar-refractivity contribution >= 4 is 16.9 Å². The van der Waals surface area contributed by atoms with Gasteiger partial charge in [-0.15, -0.1) is 0 Å². The molecule has 4 rings (SSSR count). The minimum atomic E-state index is -2.76. The molecule has 0 unspecified atom stereocenters. The number of rotatable bonds is 6. The summed E-state index contributed by atoms with van der Waals surface area (Å²) in [5, 5.41) is 6.46. The second-order valence-corrected chi connectivity index (χ2v) is 6.57. The van der Waals surface area contributed by atoms with Gasteiger partial charge >= 0.3 is 11.8 Å². The number of alkyl halides is 2. The molecule has 10 heteroatoms. The number of amides is 1. The van der Waals surface area contributed by atoms with Crippen molar-refractivity contribution in [1.29, 1.82) is 0 Å². The van der Waals surface area contributed by atoms with Gasteiger partial charge in [-0.3, -0.25) is 4.79 Å². The first kappa shape index (κ1) is 18.8. The second kappa shape index (κ2) is 7.46. The van der Waals surface area contributed by atoms with Gasteiger partial charge in [0, 0.05) is 18.4 Å². The Balaban J connectivity index is 1.51. The van der Waals surface area contributed by atoms with Gasteiger partial charge in [0.15, 0.2) is 11.6 Å². The maximum absolute atomic E-state index is 13.4. The highest BCUT2D eigenvalue weighted by Gasteiger charge is 2.21. The average molecular weight is 400 g/mol. The minimum absolute atomic E-state index is 0.0893. The predicted octanol–water partition coefficient (Wildman–Crippen LogP) is 2.98. The van der Waals surface area contributed by atoms with Crippen molar-refractivity contribution in [3.63, 3.8) is 0 Å². The van der Waals surface area contributed by atoms with Crippen LogP contribution in [0.3, 0.4) is 0 Å². The molecule has 0 saturated heterocycles. The fourth-order valence-corrected chi connectivity index (χ4v) is 3.07. The van der Waals surface area contributed by atoms with Crippen molar-refractivity contribution < 1.29 is 18.1 Å². The molecule has 1 N–H and O–H groups in total. The summed E-state index contributed by atoms with van der Waals surface area (Å²) in [6.07, 6.45) is -2.76. The zero-order valence-electron chi connectivity index (χ0n) is 15.8. The van der Waals surface area contributed by atoms with Crippen LogP contribution in [0.4, 0.5) is 8.78 Å². The number of hydrogen-bond acceptors (Lipinski definition) is 5. The van der Waals surface area contributed by atoms with Gasteiger partial charge in [0.25, 0.3) is 6.43 Å². The Morgan fingerprint density at radius 2 is 2.00 bits per heavy atom. The van der Waals surface area contributed by atoms with Crippen LogP contribution in [0.15, 0.2) is 40.9 Å². The molecule has 0 spiro atoms. The molecule has 1 amide bonds. The fourth-order valence-electron chi connectivity index (χ4n) is 3.07. The van der Waals surface area contributed by atoms with E-state index in [9.17, 15) is 13.6 Å². The zero-order chi connectivity index (χ0) is 20.5. The third-order valence-electron chi connectivity index (χ3n) is 4.75. The molecule has 1 aromatic carbocycles. The molecule has 8 nitrogen and oxygen atoms in total. The Labute approximate surface area is 164 Å². The quantitative estimate of drug-likeness (QED) is 0.537. The van der Waals surface area contributed by atoms with E-state index in [2.05, 4.69) is 20.4 Å². The van der Waals surface area contributed by atoms with Crippen LogP contribution in [0.1, 0.15) is 40.1 Å². The van der Waals surface area contributed by atoms with Crippen molar-refractivity contribution in [2.24, 2.45) is 7.05 Å². The van der Waals surface area contributed by atoms with Crippen LogP contribution in [0.2, 0.25) is 0 Å². The average Bonchev–Trinajstić information content (AvgIpc) is 3.40. The van der Waals surface area contributed by atoms with E-state index in [0.717, 1.165) is 11.4 Å². The number of para-hydroxylation sites is 2. The van der Waals surface area contributed by atoms with Crippen LogP contribution >= 0.6 is 0 Å². The molecule has 3 aromatic heterocycles. The summed E-state index contributed by atoms with van der Waals surface area (Å²) >= 11 is 0. The third kappa shape index (κ3) is 3.60. The topological polar surface area (TPSA) is 90.8 Å². The molecular formula is C19H18F2N6O2. The van der Waals surface area contributed by atoms with Gasteiger partial charge < -0.3 is 19.0 Å². The fraction of sp³-hybridized carbons (Fsp3) is 0.263. The Bertz CT molecular complexity index is 1180. The number of fused-ring (bicyclic) bond motifs is 1. The summed E-state index contributed by atoms with van der Waals surface area (Å²) in [6, 6.07) is 10.6. The number of nitrogens with zero attached hydrogens (tertiary/aromatic N) is 5. The van der Waals surface area contributed by atoms with E-state index >= 15 is 0 Å². The van der Waals surface area contributed by atoms with Gasteiger partial charge in [0.2, 0.25) is 0 Å². The molecule has 29 heavy (non-hydrogen) atoms.